The zero-order valence-electron chi connectivity index (χ0n) is 21.1. The largest absolute Gasteiger partial charge is 0.381 e. The van der Waals surface area contributed by atoms with E-state index in [-0.39, 0.29) is 16.9 Å². The van der Waals surface area contributed by atoms with E-state index in [0.29, 0.717) is 18.9 Å². The van der Waals surface area contributed by atoms with Crippen molar-refractivity contribution in [1.29, 1.82) is 0 Å². The number of benzene rings is 2. The minimum absolute atomic E-state index is 0.0580. The third-order valence-electron chi connectivity index (χ3n) is 6.50. The lowest BCUT2D eigenvalue weighted by molar-refractivity contribution is 0.100. The summed E-state index contributed by atoms with van der Waals surface area (Å²) in [5, 5.41) is 5.67. The lowest BCUT2D eigenvalue weighted by Gasteiger charge is -2.30. The van der Waals surface area contributed by atoms with E-state index in [1.807, 2.05) is 47.0 Å². The van der Waals surface area contributed by atoms with Crippen LogP contribution >= 0.6 is 0 Å². The fraction of sp³-hybridized carbons (Fsp3) is 0.214. The van der Waals surface area contributed by atoms with Crippen molar-refractivity contribution in [2.45, 2.75) is 13.3 Å². The number of nitrogen functional groups attached to an aromatic ring is 1. The highest BCUT2D eigenvalue weighted by Crippen LogP contribution is 2.27. The van der Waals surface area contributed by atoms with Crippen LogP contribution in [0.5, 0.6) is 0 Å². The number of hydrogen-bond acceptors (Lipinski definition) is 7. The van der Waals surface area contributed by atoms with Gasteiger partial charge in [-0.3, -0.25) is 14.2 Å². The molecule has 10 nitrogen and oxygen atoms in total. The first kappa shape index (κ1) is 25.0. The second-order valence-corrected chi connectivity index (χ2v) is 8.82. The van der Waals surface area contributed by atoms with Crippen molar-refractivity contribution in [3.05, 3.63) is 94.7 Å². The van der Waals surface area contributed by atoms with Crippen molar-refractivity contribution in [2.24, 2.45) is 5.73 Å². The van der Waals surface area contributed by atoms with Gasteiger partial charge in [-0.25, -0.2) is 9.50 Å². The molecule has 1 amide bonds. The number of rotatable bonds is 4. The van der Waals surface area contributed by atoms with Gasteiger partial charge in [-0.1, -0.05) is 37.3 Å². The van der Waals surface area contributed by atoms with Gasteiger partial charge in [0.15, 0.2) is 11.5 Å². The highest BCUT2D eigenvalue weighted by molar-refractivity contribution is 6.03. The Kier molecular flexibility index (Phi) is 7.05. The standard InChI is InChI=1S/C21H22N2O2.C7H7N5O/c1-2-17-15-16-7-6-10-19(22-11-13-25-14-12-22)20(16)21(24)23(17)18-8-4-3-5-9-18;8-5-4(6(9)13)7-10-2-1-3-12(7)11-5/h3-10,15H,2,11-14H2,1H3;1-3H,(H2,8,11)(H2,9,13). The average Bonchev–Trinajstić information content (AvgIpc) is 3.29. The summed E-state index contributed by atoms with van der Waals surface area (Å²) in [5.74, 6) is -0.516. The summed E-state index contributed by atoms with van der Waals surface area (Å²) >= 11 is 0. The predicted octanol–water partition coefficient (Wildman–Crippen LogP) is 2.80. The fourth-order valence-corrected chi connectivity index (χ4v) is 4.73. The van der Waals surface area contributed by atoms with E-state index in [1.165, 1.54) is 4.52 Å². The van der Waals surface area contributed by atoms with Crippen LogP contribution in [0.4, 0.5) is 11.5 Å². The second-order valence-electron chi connectivity index (χ2n) is 8.82. The van der Waals surface area contributed by atoms with E-state index < -0.39 is 5.91 Å². The summed E-state index contributed by atoms with van der Waals surface area (Å²) in [6, 6.07) is 19.9. The number of nitrogens with two attached hydrogens (primary N) is 2. The molecule has 2 aromatic carbocycles. The first-order valence-electron chi connectivity index (χ1n) is 12.4. The molecule has 4 heterocycles. The molecule has 0 radical (unpaired) electrons. The Bertz CT molecular complexity index is 1650. The number of hydrogen-bond donors (Lipinski definition) is 2. The molecule has 0 saturated carbocycles. The Balaban J connectivity index is 0.000000190. The molecule has 0 atom stereocenters. The maximum atomic E-state index is 13.5. The van der Waals surface area contributed by atoms with Crippen molar-refractivity contribution >= 4 is 33.8 Å². The third kappa shape index (κ3) is 4.69. The van der Waals surface area contributed by atoms with Crippen LogP contribution in [0.25, 0.3) is 22.1 Å². The Hall–Kier alpha value is -4.70. The summed E-state index contributed by atoms with van der Waals surface area (Å²) in [4.78, 5) is 30.6. The number of ether oxygens (including phenoxy) is 1. The minimum atomic E-state index is -0.619. The first-order chi connectivity index (χ1) is 18.5. The van der Waals surface area contributed by atoms with E-state index >= 15 is 0 Å². The van der Waals surface area contributed by atoms with Crippen LogP contribution in [0.1, 0.15) is 23.0 Å². The Morgan fingerprint density at radius 1 is 1.05 bits per heavy atom. The number of fused-ring (bicyclic) bond motifs is 2. The van der Waals surface area contributed by atoms with Crippen LogP contribution in [0.3, 0.4) is 0 Å². The Morgan fingerprint density at radius 3 is 2.53 bits per heavy atom. The number of carbonyl (C=O) groups excluding carboxylic acids is 1. The number of nitrogens with zero attached hydrogens (tertiary/aromatic N) is 5. The van der Waals surface area contributed by atoms with E-state index in [2.05, 4.69) is 34.0 Å². The molecule has 0 aliphatic carbocycles. The van der Waals surface area contributed by atoms with E-state index in [4.69, 9.17) is 16.2 Å². The lowest BCUT2D eigenvalue weighted by Crippen LogP contribution is -2.37. The molecule has 1 aliphatic heterocycles. The van der Waals surface area contributed by atoms with Gasteiger partial charge in [-0.05, 0) is 42.1 Å². The molecule has 194 valence electrons. The van der Waals surface area contributed by atoms with Gasteiger partial charge in [0.05, 0.1) is 24.3 Å². The van der Waals surface area contributed by atoms with Crippen LogP contribution in [0, 0.1) is 0 Å². The average molecular weight is 512 g/mol. The molecular weight excluding hydrogens is 482 g/mol. The summed E-state index contributed by atoms with van der Waals surface area (Å²) in [7, 11) is 0. The van der Waals surface area contributed by atoms with Crippen LogP contribution in [-0.2, 0) is 11.2 Å². The fourth-order valence-electron chi connectivity index (χ4n) is 4.73. The summed E-state index contributed by atoms with van der Waals surface area (Å²) in [6.07, 6.45) is 4.00. The smallest absolute Gasteiger partial charge is 0.265 e. The van der Waals surface area contributed by atoms with Gasteiger partial charge in [0, 0.05) is 36.9 Å². The van der Waals surface area contributed by atoms with Crippen LogP contribution in [0.2, 0.25) is 0 Å². The molecule has 1 aliphatic rings. The van der Waals surface area contributed by atoms with Gasteiger partial charge in [0.25, 0.3) is 11.5 Å². The zero-order chi connectivity index (χ0) is 26.6. The van der Waals surface area contributed by atoms with Crippen LogP contribution in [0.15, 0.2) is 77.9 Å². The summed E-state index contributed by atoms with van der Waals surface area (Å²) < 4.78 is 8.73. The van der Waals surface area contributed by atoms with Crippen LogP contribution < -0.4 is 21.9 Å². The quantitative estimate of drug-likeness (QED) is 0.379. The van der Waals surface area contributed by atoms with E-state index in [1.54, 1.807) is 18.5 Å². The first-order valence-corrected chi connectivity index (χ1v) is 12.4. The predicted molar refractivity (Wildman–Crippen MR) is 148 cm³/mol. The van der Waals surface area contributed by atoms with Crippen molar-refractivity contribution in [3.63, 3.8) is 0 Å². The number of morpholine rings is 1. The Morgan fingerprint density at radius 2 is 1.82 bits per heavy atom. The number of primary amides is 1. The van der Waals surface area contributed by atoms with Gasteiger partial charge in [-0.2, -0.15) is 0 Å². The molecule has 1 fully saturated rings. The molecule has 4 N–H and O–H groups in total. The van der Waals surface area contributed by atoms with Gasteiger partial charge in [0.2, 0.25) is 0 Å². The molecule has 6 rings (SSSR count). The van der Waals surface area contributed by atoms with Crippen molar-refractivity contribution in [1.82, 2.24) is 19.2 Å². The van der Waals surface area contributed by atoms with Crippen molar-refractivity contribution in [3.8, 4) is 5.69 Å². The lowest BCUT2D eigenvalue weighted by atomic mass is 10.1. The molecule has 10 heteroatoms. The second kappa shape index (κ2) is 10.7. The number of amides is 1. The van der Waals surface area contributed by atoms with Gasteiger partial charge in [-0.15, -0.1) is 5.10 Å². The van der Waals surface area contributed by atoms with Gasteiger partial charge in [0.1, 0.15) is 5.56 Å². The highest BCUT2D eigenvalue weighted by atomic mass is 16.5. The topological polar surface area (TPSA) is 134 Å². The normalized spacial score (nSPS) is 13.3. The number of aryl methyl sites for hydroxylation is 1. The number of carbonyl (C=O) groups is 1. The Labute approximate surface area is 219 Å². The summed E-state index contributed by atoms with van der Waals surface area (Å²) in [6.45, 7) is 5.14. The van der Waals surface area contributed by atoms with Crippen molar-refractivity contribution < 1.29 is 9.53 Å². The molecule has 1 saturated heterocycles. The zero-order valence-corrected chi connectivity index (χ0v) is 21.1. The number of aromatic nitrogens is 4. The number of anilines is 2. The number of pyridine rings is 1. The SMILES string of the molecule is CCc1cc2cccc(N3CCOCC3)c2c(=O)n1-c1ccccc1.NC(=O)c1c(N)nn2cccnc12. The van der Waals surface area contributed by atoms with Crippen molar-refractivity contribution in [2.75, 3.05) is 36.9 Å². The highest BCUT2D eigenvalue weighted by Gasteiger charge is 2.18. The molecule has 5 aromatic rings. The summed E-state index contributed by atoms with van der Waals surface area (Å²) in [5.41, 5.74) is 14.2. The van der Waals surface area contributed by atoms with Gasteiger partial charge < -0.3 is 21.1 Å². The molecule has 38 heavy (non-hydrogen) atoms. The molecule has 0 bridgehead atoms. The molecule has 0 unspecified atom stereocenters. The van der Waals surface area contributed by atoms with Crippen LogP contribution in [-0.4, -0.2) is 51.4 Å². The van der Waals surface area contributed by atoms with Gasteiger partial charge >= 0.3 is 0 Å². The molecular formula is C28H29N7O3. The van der Waals surface area contributed by atoms with E-state index in [9.17, 15) is 9.59 Å². The van der Waals surface area contributed by atoms with E-state index in [0.717, 1.165) is 47.4 Å². The monoisotopic (exact) mass is 511 g/mol. The molecule has 0 spiro atoms. The maximum Gasteiger partial charge on any atom is 0.265 e. The maximum absolute atomic E-state index is 13.5. The number of para-hydroxylation sites is 1. The minimum Gasteiger partial charge on any atom is -0.381 e. The third-order valence-corrected chi connectivity index (χ3v) is 6.50. The molecule has 3 aromatic heterocycles.